The normalized spacial score (nSPS) is 23.9. The fraction of sp³-hybridized carbons (Fsp3) is 0.571. The van der Waals surface area contributed by atoms with Crippen LogP contribution in [0.2, 0.25) is 0 Å². The van der Waals surface area contributed by atoms with Gasteiger partial charge in [-0.2, -0.15) is 4.98 Å². The second-order valence-electron chi connectivity index (χ2n) is 11.5. The zero-order valence-electron chi connectivity index (χ0n) is 21.9. The van der Waals surface area contributed by atoms with E-state index >= 15 is 0 Å². The number of aromatic nitrogens is 2. The zero-order chi connectivity index (χ0) is 26.2. The van der Waals surface area contributed by atoms with Gasteiger partial charge >= 0.3 is 12.2 Å². The number of likely N-dealkylation sites (tertiary alicyclic amines) is 1. The van der Waals surface area contributed by atoms with E-state index in [1.807, 2.05) is 43.9 Å². The summed E-state index contributed by atoms with van der Waals surface area (Å²) in [4.78, 5) is 33.8. The number of rotatable bonds is 8. The Morgan fingerprint density at radius 2 is 2.03 bits per heavy atom. The third-order valence-electron chi connectivity index (χ3n) is 7.38. The molecule has 3 fully saturated rings. The molecule has 1 aromatic heterocycles. The summed E-state index contributed by atoms with van der Waals surface area (Å²) in [5.41, 5.74) is 0.365. The molecule has 2 heterocycles. The van der Waals surface area contributed by atoms with Crippen LogP contribution in [0.15, 0.2) is 47.5 Å². The Hall–Kier alpha value is -3.36. The maximum Gasteiger partial charge on any atom is 0.410 e. The van der Waals surface area contributed by atoms with Gasteiger partial charge in [-0.15, -0.1) is 0 Å². The molecule has 2 saturated carbocycles. The smallest absolute Gasteiger partial charge is 0.410 e. The highest BCUT2D eigenvalue weighted by molar-refractivity contribution is 5.70. The van der Waals surface area contributed by atoms with Crippen molar-refractivity contribution in [1.29, 1.82) is 0 Å². The Kier molecular flexibility index (Phi) is 6.72. The lowest BCUT2D eigenvalue weighted by atomic mass is 10.0. The summed E-state index contributed by atoms with van der Waals surface area (Å²) in [6, 6.07) is 10.4. The standard InChI is InChI=1S/C28H36N4O5/c1-5-15-35-26(34)32(22-16-21(22)19-9-7-6-8-10-19)18-28(12-13-28)24-29-23(37-30-24)20-11-14-31(17-20)25(33)36-27(2,3)4/h5-10,20-22H,1,11-18H2,2-4H3/t20?,21-,22?/m1/s1. The molecule has 2 aromatic rings. The van der Waals surface area contributed by atoms with Crippen LogP contribution in [0.4, 0.5) is 9.59 Å². The monoisotopic (exact) mass is 508 g/mol. The van der Waals surface area contributed by atoms with Crippen LogP contribution in [0, 0.1) is 0 Å². The lowest BCUT2D eigenvalue weighted by Gasteiger charge is -2.26. The Bertz CT molecular complexity index is 1140. The fourth-order valence-electron chi connectivity index (χ4n) is 5.11. The molecule has 1 aliphatic heterocycles. The highest BCUT2D eigenvalue weighted by Gasteiger charge is 2.55. The van der Waals surface area contributed by atoms with Gasteiger partial charge in [-0.3, -0.25) is 0 Å². The Morgan fingerprint density at radius 3 is 2.70 bits per heavy atom. The summed E-state index contributed by atoms with van der Waals surface area (Å²) in [6.07, 6.45) is 4.35. The topological polar surface area (TPSA) is 98.0 Å². The number of benzene rings is 1. The van der Waals surface area contributed by atoms with Crippen LogP contribution in [0.1, 0.15) is 75.6 Å². The van der Waals surface area contributed by atoms with Crippen molar-refractivity contribution in [3.05, 3.63) is 60.3 Å². The van der Waals surface area contributed by atoms with Crippen LogP contribution in [-0.2, 0) is 14.9 Å². The summed E-state index contributed by atoms with van der Waals surface area (Å²) in [5.74, 6) is 1.45. The average molecular weight is 509 g/mol. The van der Waals surface area contributed by atoms with E-state index in [0.29, 0.717) is 37.3 Å². The molecule has 0 N–H and O–H groups in total. The third-order valence-corrected chi connectivity index (χ3v) is 7.38. The van der Waals surface area contributed by atoms with E-state index in [1.54, 1.807) is 11.0 Å². The van der Waals surface area contributed by atoms with Crippen molar-refractivity contribution < 1.29 is 23.6 Å². The largest absolute Gasteiger partial charge is 0.445 e. The van der Waals surface area contributed by atoms with Gasteiger partial charge in [0, 0.05) is 31.6 Å². The first kappa shape index (κ1) is 25.3. The molecule has 2 unspecified atom stereocenters. The highest BCUT2D eigenvalue weighted by atomic mass is 16.6. The van der Waals surface area contributed by atoms with E-state index in [4.69, 9.17) is 19.0 Å². The summed E-state index contributed by atoms with van der Waals surface area (Å²) in [6.45, 7) is 11.0. The zero-order valence-corrected chi connectivity index (χ0v) is 21.9. The van der Waals surface area contributed by atoms with E-state index in [0.717, 1.165) is 25.7 Å². The molecule has 5 rings (SSSR count). The van der Waals surface area contributed by atoms with Crippen LogP contribution in [0.5, 0.6) is 0 Å². The minimum absolute atomic E-state index is 0.0240. The van der Waals surface area contributed by atoms with Crippen molar-refractivity contribution in [3.8, 4) is 0 Å². The van der Waals surface area contributed by atoms with Gasteiger partial charge in [0.25, 0.3) is 0 Å². The van der Waals surface area contributed by atoms with Crippen molar-refractivity contribution in [3.63, 3.8) is 0 Å². The average Bonchev–Trinajstić information content (AvgIpc) is 3.71. The van der Waals surface area contributed by atoms with Gasteiger partial charge in [-0.1, -0.05) is 48.1 Å². The first-order valence-electron chi connectivity index (χ1n) is 13.1. The van der Waals surface area contributed by atoms with Gasteiger partial charge < -0.3 is 23.8 Å². The third kappa shape index (κ3) is 5.65. The van der Waals surface area contributed by atoms with Gasteiger partial charge in [0.1, 0.15) is 12.2 Å². The van der Waals surface area contributed by atoms with E-state index < -0.39 is 5.60 Å². The predicted molar refractivity (Wildman–Crippen MR) is 136 cm³/mol. The van der Waals surface area contributed by atoms with E-state index in [1.165, 1.54) is 5.56 Å². The number of nitrogens with zero attached hydrogens (tertiary/aromatic N) is 4. The number of amides is 2. The molecule has 9 nitrogen and oxygen atoms in total. The van der Waals surface area contributed by atoms with Crippen molar-refractivity contribution in [2.45, 2.75) is 75.3 Å². The molecule has 198 valence electrons. The summed E-state index contributed by atoms with van der Waals surface area (Å²) < 4.78 is 16.7. The number of hydrogen-bond donors (Lipinski definition) is 0. The van der Waals surface area contributed by atoms with E-state index in [-0.39, 0.29) is 36.2 Å². The van der Waals surface area contributed by atoms with Crippen molar-refractivity contribution >= 4 is 12.2 Å². The van der Waals surface area contributed by atoms with Crippen molar-refractivity contribution in [2.24, 2.45) is 0 Å². The molecular formula is C28H36N4O5. The van der Waals surface area contributed by atoms with Crippen LogP contribution < -0.4 is 0 Å². The van der Waals surface area contributed by atoms with Crippen molar-refractivity contribution in [2.75, 3.05) is 26.2 Å². The molecule has 2 aliphatic carbocycles. The molecular weight excluding hydrogens is 472 g/mol. The lowest BCUT2D eigenvalue weighted by Crippen LogP contribution is -2.40. The second kappa shape index (κ2) is 9.84. The van der Waals surface area contributed by atoms with Crippen molar-refractivity contribution in [1.82, 2.24) is 19.9 Å². The number of hydrogen-bond acceptors (Lipinski definition) is 7. The summed E-state index contributed by atoms with van der Waals surface area (Å²) in [7, 11) is 0. The summed E-state index contributed by atoms with van der Waals surface area (Å²) >= 11 is 0. The Balaban J connectivity index is 1.26. The molecule has 1 aromatic carbocycles. The quantitative estimate of drug-likeness (QED) is 0.463. The first-order chi connectivity index (χ1) is 17.7. The maximum atomic E-state index is 13.1. The maximum absolute atomic E-state index is 13.1. The molecule has 0 spiro atoms. The van der Waals surface area contributed by atoms with Gasteiger partial charge in [0.2, 0.25) is 5.89 Å². The molecule has 9 heteroatoms. The molecule has 3 aliphatic rings. The first-order valence-corrected chi connectivity index (χ1v) is 13.1. The fourth-order valence-corrected chi connectivity index (χ4v) is 5.11. The number of carbonyl (C=O) groups excluding carboxylic acids is 2. The molecule has 0 radical (unpaired) electrons. The lowest BCUT2D eigenvalue weighted by molar-refractivity contribution is 0.0291. The van der Waals surface area contributed by atoms with E-state index in [9.17, 15) is 9.59 Å². The minimum Gasteiger partial charge on any atom is -0.445 e. The molecule has 3 atom stereocenters. The van der Waals surface area contributed by atoms with Crippen LogP contribution in [0.25, 0.3) is 0 Å². The van der Waals surface area contributed by atoms with Gasteiger partial charge in [0.15, 0.2) is 5.82 Å². The van der Waals surface area contributed by atoms with Gasteiger partial charge in [-0.05, 0) is 52.0 Å². The van der Waals surface area contributed by atoms with Gasteiger partial charge in [-0.25, -0.2) is 9.59 Å². The Labute approximate surface area is 217 Å². The Morgan fingerprint density at radius 1 is 1.27 bits per heavy atom. The SMILES string of the molecule is C=CCOC(=O)N(CC1(c2noc(C3CCN(C(=O)OC(C)(C)C)C3)n2)CC1)C1C[C@@H]1c1ccccc1. The molecule has 2 amide bonds. The van der Waals surface area contributed by atoms with Crippen LogP contribution >= 0.6 is 0 Å². The van der Waals surface area contributed by atoms with Gasteiger partial charge in [0.05, 0.1) is 11.3 Å². The van der Waals surface area contributed by atoms with E-state index in [2.05, 4.69) is 23.9 Å². The van der Waals surface area contributed by atoms with Crippen LogP contribution in [0.3, 0.4) is 0 Å². The number of ether oxygens (including phenoxy) is 2. The molecule has 0 bridgehead atoms. The highest BCUT2D eigenvalue weighted by Crippen LogP contribution is 2.52. The second-order valence-corrected chi connectivity index (χ2v) is 11.5. The molecule has 1 saturated heterocycles. The number of carbonyl (C=O) groups is 2. The van der Waals surface area contributed by atoms with Crippen LogP contribution in [-0.4, -0.2) is 70.0 Å². The summed E-state index contributed by atoms with van der Waals surface area (Å²) in [5, 5.41) is 4.34. The minimum atomic E-state index is -0.537. The predicted octanol–water partition coefficient (Wildman–Crippen LogP) is 5.01. The molecule has 37 heavy (non-hydrogen) atoms.